The number of carbonyl (C=O) groups is 1. The maximum Gasteiger partial charge on any atom is 0.227 e. The number of amides is 1. The van der Waals surface area contributed by atoms with Gasteiger partial charge < -0.3 is 9.80 Å². The third kappa shape index (κ3) is 4.01. The molecule has 152 valence electrons. The highest BCUT2D eigenvalue weighted by Crippen LogP contribution is 2.32. The van der Waals surface area contributed by atoms with E-state index in [1.54, 1.807) is 11.3 Å². The van der Waals surface area contributed by atoms with E-state index in [1.807, 2.05) is 4.90 Å². The maximum atomic E-state index is 12.9. The average molecular weight is 408 g/mol. The van der Waals surface area contributed by atoms with Gasteiger partial charge in [-0.3, -0.25) is 4.79 Å². The normalized spacial score (nSPS) is 14.7. The van der Waals surface area contributed by atoms with Gasteiger partial charge in [-0.25, -0.2) is 4.98 Å². The minimum Gasteiger partial charge on any atom is -0.345 e. The van der Waals surface area contributed by atoms with Gasteiger partial charge >= 0.3 is 0 Å². The number of aryl methyl sites for hydroxylation is 5. The molecule has 3 aromatic rings. The molecule has 1 aromatic heterocycles. The number of carbonyl (C=O) groups excluding carboxylic acids is 1. The predicted octanol–water partition coefficient (Wildman–Crippen LogP) is 4.73. The van der Waals surface area contributed by atoms with Crippen LogP contribution in [0.1, 0.15) is 33.4 Å². The van der Waals surface area contributed by atoms with E-state index in [9.17, 15) is 4.79 Å². The molecule has 0 spiro atoms. The van der Waals surface area contributed by atoms with Crippen molar-refractivity contribution in [3.05, 3.63) is 57.6 Å². The Morgan fingerprint density at radius 1 is 0.897 bits per heavy atom. The zero-order valence-electron chi connectivity index (χ0n) is 18.0. The van der Waals surface area contributed by atoms with E-state index in [4.69, 9.17) is 4.98 Å². The molecule has 5 heteroatoms. The number of nitrogens with zero attached hydrogens (tertiary/aromatic N) is 3. The van der Waals surface area contributed by atoms with Crippen LogP contribution in [0.3, 0.4) is 0 Å². The predicted molar refractivity (Wildman–Crippen MR) is 122 cm³/mol. The van der Waals surface area contributed by atoms with Crippen molar-refractivity contribution in [1.29, 1.82) is 0 Å². The minimum atomic E-state index is 0.232. The van der Waals surface area contributed by atoms with E-state index >= 15 is 0 Å². The molecule has 2 aromatic carbocycles. The van der Waals surface area contributed by atoms with Gasteiger partial charge in [0.15, 0.2) is 5.13 Å². The van der Waals surface area contributed by atoms with Crippen LogP contribution in [0.15, 0.2) is 24.3 Å². The molecule has 1 saturated heterocycles. The Hall–Kier alpha value is -2.40. The van der Waals surface area contributed by atoms with E-state index in [2.05, 4.69) is 63.8 Å². The number of anilines is 1. The van der Waals surface area contributed by atoms with Gasteiger partial charge in [0.05, 0.1) is 16.6 Å². The van der Waals surface area contributed by atoms with Crippen molar-refractivity contribution in [3.63, 3.8) is 0 Å². The molecule has 1 aliphatic rings. The van der Waals surface area contributed by atoms with Gasteiger partial charge in [-0.15, -0.1) is 0 Å². The molecule has 2 heterocycles. The molecule has 4 nitrogen and oxygen atoms in total. The Labute approximate surface area is 177 Å². The number of fused-ring (bicyclic) bond motifs is 1. The third-order valence-electron chi connectivity index (χ3n) is 5.89. The lowest BCUT2D eigenvalue weighted by Crippen LogP contribution is -2.49. The lowest BCUT2D eigenvalue weighted by Gasteiger charge is -2.34. The van der Waals surface area contributed by atoms with E-state index < -0.39 is 0 Å². The number of piperazine rings is 1. The van der Waals surface area contributed by atoms with Crippen LogP contribution < -0.4 is 4.90 Å². The Bertz CT molecular complexity index is 1050. The first-order valence-corrected chi connectivity index (χ1v) is 11.1. The highest BCUT2D eigenvalue weighted by atomic mass is 32.1. The van der Waals surface area contributed by atoms with Crippen LogP contribution in [0.5, 0.6) is 0 Å². The van der Waals surface area contributed by atoms with Crippen molar-refractivity contribution in [2.24, 2.45) is 0 Å². The lowest BCUT2D eigenvalue weighted by atomic mass is 9.97. The zero-order chi connectivity index (χ0) is 20.7. The number of rotatable bonds is 3. The summed E-state index contributed by atoms with van der Waals surface area (Å²) in [5.41, 5.74) is 8.50. The number of thiazole rings is 1. The third-order valence-corrected chi connectivity index (χ3v) is 6.95. The van der Waals surface area contributed by atoms with Crippen LogP contribution in [0, 0.1) is 34.6 Å². The van der Waals surface area contributed by atoms with E-state index in [0.717, 1.165) is 36.8 Å². The highest BCUT2D eigenvalue weighted by Gasteiger charge is 2.24. The van der Waals surface area contributed by atoms with Crippen molar-refractivity contribution < 1.29 is 4.79 Å². The van der Waals surface area contributed by atoms with Crippen LogP contribution in [-0.2, 0) is 11.2 Å². The van der Waals surface area contributed by atoms with E-state index in [-0.39, 0.29) is 5.91 Å². The monoisotopic (exact) mass is 407 g/mol. The molecule has 1 fully saturated rings. The molecule has 0 N–H and O–H groups in total. The van der Waals surface area contributed by atoms with Crippen LogP contribution in [-0.4, -0.2) is 42.0 Å². The van der Waals surface area contributed by atoms with E-state index in [1.165, 1.54) is 38.1 Å². The largest absolute Gasteiger partial charge is 0.345 e. The van der Waals surface area contributed by atoms with Gasteiger partial charge in [0.1, 0.15) is 0 Å². The van der Waals surface area contributed by atoms with Crippen LogP contribution >= 0.6 is 11.3 Å². The average Bonchev–Trinajstić information content (AvgIpc) is 3.09. The minimum absolute atomic E-state index is 0.232. The Morgan fingerprint density at radius 3 is 2.14 bits per heavy atom. The first-order valence-electron chi connectivity index (χ1n) is 10.3. The molecule has 0 saturated carbocycles. The SMILES string of the molecule is Cc1cc(C)c(CC(=O)N2CCN(c3nc4c(C)cc(C)cc4s3)CC2)c(C)c1. The smallest absolute Gasteiger partial charge is 0.227 e. The molecule has 0 aliphatic carbocycles. The van der Waals surface area contributed by atoms with Gasteiger partial charge in [-0.05, 0) is 68.5 Å². The van der Waals surface area contributed by atoms with Crippen molar-refractivity contribution in [3.8, 4) is 0 Å². The second-order valence-electron chi connectivity index (χ2n) is 8.35. The number of benzene rings is 2. The first kappa shape index (κ1) is 19.9. The summed E-state index contributed by atoms with van der Waals surface area (Å²) in [5, 5.41) is 1.08. The van der Waals surface area contributed by atoms with Crippen LogP contribution in [0.2, 0.25) is 0 Å². The van der Waals surface area contributed by atoms with Crippen molar-refractivity contribution in [2.75, 3.05) is 31.1 Å². The van der Waals surface area contributed by atoms with Gasteiger partial charge in [-0.2, -0.15) is 0 Å². The fraction of sp³-hybridized carbons (Fsp3) is 0.417. The quantitative estimate of drug-likeness (QED) is 0.630. The molecular weight excluding hydrogens is 378 g/mol. The molecule has 1 amide bonds. The molecular formula is C24H29N3OS. The molecule has 0 atom stereocenters. The number of hydrogen-bond donors (Lipinski definition) is 0. The Kier molecular flexibility index (Phi) is 5.34. The second kappa shape index (κ2) is 7.79. The summed E-state index contributed by atoms with van der Waals surface area (Å²) in [6.07, 6.45) is 0.498. The zero-order valence-corrected chi connectivity index (χ0v) is 18.8. The van der Waals surface area contributed by atoms with Gasteiger partial charge in [0, 0.05) is 26.2 Å². The lowest BCUT2D eigenvalue weighted by molar-refractivity contribution is -0.130. The summed E-state index contributed by atoms with van der Waals surface area (Å²) < 4.78 is 1.25. The van der Waals surface area contributed by atoms with Gasteiger partial charge in [0.25, 0.3) is 0 Å². The summed E-state index contributed by atoms with van der Waals surface area (Å²) in [6, 6.07) is 8.75. The second-order valence-corrected chi connectivity index (χ2v) is 9.36. The topological polar surface area (TPSA) is 36.4 Å². The molecule has 0 radical (unpaired) electrons. The summed E-state index contributed by atoms with van der Waals surface area (Å²) >= 11 is 1.76. The molecule has 29 heavy (non-hydrogen) atoms. The highest BCUT2D eigenvalue weighted by molar-refractivity contribution is 7.22. The van der Waals surface area contributed by atoms with Crippen molar-refractivity contribution in [1.82, 2.24) is 9.88 Å². The van der Waals surface area contributed by atoms with Crippen molar-refractivity contribution in [2.45, 2.75) is 41.0 Å². The van der Waals surface area contributed by atoms with Gasteiger partial charge in [0.2, 0.25) is 5.91 Å². The fourth-order valence-electron chi connectivity index (χ4n) is 4.39. The van der Waals surface area contributed by atoms with Crippen LogP contribution in [0.25, 0.3) is 10.2 Å². The summed E-state index contributed by atoms with van der Waals surface area (Å²) in [7, 11) is 0. The number of aromatic nitrogens is 1. The van der Waals surface area contributed by atoms with Crippen molar-refractivity contribution >= 4 is 32.6 Å². The fourth-order valence-corrected chi connectivity index (χ4v) is 5.59. The molecule has 0 bridgehead atoms. The Balaban J connectivity index is 1.43. The summed E-state index contributed by atoms with van der Waals surface area (Å²) in [4.78, 5) is 22.1. The van der Waals surface area contributed by atoms with Gasteiger partial charge in [-0.1, -0.05) is 35.1 Å². The summed E-state index contributed by atoms with van der Waals surface area (Å²) in [5.74, 6) is 0.232. The Morgan fingerprint density at radius 2 is 1.48 bits per heavy atom. The number of hydrogen-bond acceptors (Lipinski definition) is 4. The van der Waals surface area contributed by atoms with Crippen LogP contribution in [0.4, 0.5) is 5.13 Å². The first-order chi connectivity index (χ1) is 13.8. The summed E-state index contributed by atoms with van der Waals surface area (Å²) in [6.45, 7) is 13.8. The molecule has 4 rings (SSSR count). The molecule has 0 unspecified atom stereocenters. The standard InChI is InChI=1S/C24H29N3OS/c1-15-10-17(3)20(18(4)11-15)14-22(28)26-6-8-27(9-7-26)24-25-23-19(5)12-16(2)13-21(23)29-24/h10-13H,6-9,14H2,1-5H3. The van der Waals surface area contributed by atoms with E-state index in [0.29, 0.717) is 6.42 Å². The molecule has 1 aliphatic heterocycles. The maximum absolute atomic E-state index is 12.9.